The van der Waals surface area contributed by atoms with Crippen molar-refractivity contribution in [2.75, 3.05) is 5.23 Å². The van der Waals surface area contributed by atoms with Crippen LogP contribution in [0.5, 0.6) is 5.75 Å². The Morgan fingerprint density at radius 1 is 1.55 bits per heavy atom. The van der Waals surface area contributed by atoms with Gasteiger partial charge in [-0.1, -0.05) is 0 Å². The van der Waals surface area contributed by atoms with Crippen molar-refractivity contribution in [3.8, 4) is 5.75 Å². The third-order valence-electron chi connectivity index (χ3n) is 1.43. The van der Waals surface area contributed by atoms with Crippen molar-refractivity contribution in [3.05, 3.63) is 23.8 Å². The van der Waals surface area contributed by atoms with E-state index in [2.05, 4.69) is 5.23 Å². The molecule has 4 heteroatoms. The van der Waals surface area contributed by atoms with Crippen LogP contribution in [0, 0.1) is 0 Å². The smallest absolute Gasteiger partial charge is 0.214 e. The summed E-state index contributed by atoms with van der Waals surface area (Å²) >= 11 is 0. The molecule has 0 bridgehead atoms. The Morgan fingerprint density at radius 2 is 2.27 bits per heavy atom. The van der Waals surface area contributed by atoms with Crippen molar-refractivity contribution < 1.29 is 9.90 Å². The average molecular weight is 149 g/mol. The number of rotatable bonds is 2. The Hall–Kier alpha value is -1.45. The zero-order valence-electron chi connectivity index (χ0n) is 6.16. The van der Waals surface area contributed by atoms with Crippen molar-refractivity contribution >= 4 is 20.0 Å². The lowest BCUT2D eigenvalue weighted by molar-refractivity contribution is 0.112. The minimum atomic E-state index is 0.153. The average Bonchev–Trinajstić information content (AvgIpc) is 2.04. The first kappa shape index (κ1) is 7.66. The van der Waals surface area contributed by atoms with Crippen molar-refractivity contribution in [2.24, 2.45) is 0 Å². The summed E-state index contributed by atoms with van der Waals surface area (Å²) in [5, 5.41) is 11.8. The van der Waals surface area contributed by atoms with Gasteiger partial charge in [-0.05, 0) is 12.1 Å². The summed E-state index contributed by atoms with van der Waals surface area (Å²) in [6.45, 7) is 0. The maximum atomic E-state index is 10.4. The van der Waals surface area contributed by atoms with Gasteiger partial charge in [-0.15, -0.1) is 0 Å². The molecule has 0 fully saturated rings. The van der Waals surface area contributed by atoms with Crippen molar-refractivity contribution in [1.82, 2.24) is 0 Å². The zero-order chi connectivity index (χ0) is 8.27. The highest BCUT2D eigenvalue weighted by Crippen LogP contribution is 2.18. The van der Waals surface area contributed by atoms with Crippen LogP contribution in [0.4, 0.5) is 5.69 Å². The van der Waals surface area contributed by atoms with Gasteiger partial charge in [0.15, 0.2) is 6.29 Å². The molecule has 0 saturated carbocycles. The molecule has 56 valence electrons. The summed E-state index contributed by atoms with van der Waals surface area (Å²) in [6, 6.07) is 4.54. The molecule has 0 spiro atoms. The summed E-state index contributed by atoms with van der Waals surface area (Å²) in [5.41, 5.74) is 1.19. The molecule has 1 aromatic carbocycles. The fourth-order valence-corrected chi connectivity index (χ4v) is 0.864. The second kappa shape index (κ2) is 3.10. The predicted molar refractivity (Wildman–Crippen MR) is 45.7 cm³/mol. The molecule has 0 amide bonds. The zero-order valence-corrected chi connectivity index (χ0v) is 6.16. The van der Waals surface area contributed by atoms with Gasteiger partial charge in [0.25, 0.3) is 0 Å². The Labute approximate surface area is 65.5 Å². The van der Waals surface area contributed by atoms with Gasteiger partial charge in [-0.25, -0.2) is 0 Å². The van der Waals surface area contributed by atoms with Crippen LogP contribution in [0.2, 0.25) is 0 Å². The molecule has 0 aliphatic heterocycles. The number of anilines is 1. The predicted octanol–water partition coefficient (Wildman–Crippen LogP) is 0.165. The van der Waals surface area contributed by atoms with Gasteiger partial charge in [-0.3, -0.25) is 4.79 Å². The van der Waals surface area contributed by atoms with E-state index in [0.717, 1.165) is 6.29 Å². The Balaban J connectivity index is 3.16. The normalized spacial score (nSPS) is 9.09. The molecule has 1 rings (SSSR count). The van der Waals surface area contributed by atoms with E-state index in [9.17, 15) is 4.79 Å². The number of nitrogens with one attached hydrogen (secondary N) is 1. The van der Waals surface area contributed by atoms with Crippen molar-refractivity contribution in [3.63, 3.8) is 0 Å². The minimum absolute atomic E-state index is 0.153. The molecule has 0 heterocycles. The molecule has 3 nitrogen and oxygen atoms in total. The molecule has 0 atom stereocenters. The summed E-state index contributed by atoms with van der Waals surface area (Å²) in [5.74, 6) is 0.153. The van der Waals surface area contributed by atoms with Gasteiger partial charge in [0.05, 0.1) is 0 Å². The number of aromatic hydroxyl groups is 1. The van der Waals surface area contributed by atoms with E-state index >= 15 is 0 Å². The topological polar surface area (TPSA) is 49.3 Å². The van der Waals surface area contributed by atoms with Crippen molar-refractivity contribution in [2.45, 2.75) is 0 Å². The third kappa shape index (κ3) is 1.52. The van der Waals surface area contributed by atoms with E-state index < -0.39 is 0 Å². The molecule has 0 aliphatic rings. The van der Waals surface area contributed by atoms with Gasteiger partial charge in [0.2, 0.25) is 7.98 Å². The van der Waals surface area contributed by atoms with Crippen molar-refractivity contribution in [1.29, 1.82) is 0 Å². The third-order valence-corrected chi connectivity index (χ3v) is 1.43. The SMILES string of the molecule is BNc1cc(O)ccc1C=O. The van der Waals surface area contributed by atoms with Crippen LogP contribution in [0.3, 0.4) is 0 Å². The van der Waals surface area contributed by atoms with E-state index in [1.807, 2.05) is 0 Å². The maximum Gasteiger partial charge on any atom is 0.214 e. The minimum Gasteiger partial charge on any atom is -0.508 e. The van der Waals surface area contributed by atoms with E-state index in [-0.39, 0.29) is 5.75 Å². The van der Waals surface area contributed by atoms with Crippen LogP contribution >= 0.6 is 0 Å². The Bertz CT molecular complexity index is 275. The van der Waals surface area contributed by atoms with Crippen LogP contribution in [-0.2, 0) is 0 Å². The van der Waals surface area contributed by atoms with E-state index in [1.165, 1.54) is 12.1 Å². The van der Waals surface area contributed by atoms with Gasteiger partial charge in [0, 0.05) is 17.3 Å². The molecular weight excluding hydrogens is 141 g/mol. The van der Waals surface area contributed by atoms with Crippen LogP contribution in [0.1, 0.15) is 10.4 Å². The number of phenols is 1. The fourth-order valence-electron chi connectivity index (χ4n) is 0.864. The first-order valence-electron chi connectivity index (χ1n) is 3.24. The van der Waals surface area contributed by atoms with Gasteiger partial charge < -0.3 is 10.3 Å². The molecule has 0 aliphatic carbocycles. The molecule has 0 unspecified atom stereocenters. The van der Waals surface area contributed by atoms with E-state index in [0.29, 0.717) is 11.3 Å². The Morgan fingerprint density at radius 3 is 2.82 bits per heavy atom. The number of aldehydes is 1. The molecular formula is C7H8BNO2. The molecule has 0 radical (unpaired) electrons. The second-order valence-corrected chi connectivity index (χ2v) is 2.14. The molecule has 1 aromatic rings. The number of carbonyl (C=O) groups is 1. The number of benzene rings is 1. The first-order chi connectivity index (χ1) is 5.27. The summed E-state index contributed by atoms with van der Waals surface area (Å²) in [6.07, 6.45) is 0.741. The summed E-state index contributed by atoms with van der Waals surface area (Å²) in [4.78, 5) is 10.4. The highest BCUT2D eigenvalue weighted by atomic mass is 16.3. The van der Waals surface area contributed by atoms with Crippen LogP contribution in [0.25, 0.3) is 0 Å². The maximum absolute atomic E-state index is 10.4. The van der Waals surface area contributed by atoms with Gasteiger partial charge >= 0.3 is 0 Å². The van der Waals surface area contributed by atoms with Crippen LogP contribution < -0.4 is 5.23 Å². The quantitative estimate of drug-likeness (QED) is 0.465. The number of hydrogen-bond acceptors (Lipinski definition) is 3. The number of hydrogen-bond donors (Lipinski definition) is 2. The second-order valence-electron chi connectivity index (χ2n) is 2.14. The number of carbonyl (C=O) groups excluding carboxylic acids is 1. The highest BCUT2D eigenvalue weighted by molar-refractivity contribution is 6.17. The first-order valence-corrected chi connectivity index (χ1v) is 3.24. The fraction of sp³-hybridized carbons (Fsp3) is 0. The monoisotopic (exact) mass is 149 g/mol. The lowest BCUT2D eigenvalue weighted by Gasteiger charge is -2.03. The molecule has 11 heavy (non-hydrogen) atoms. The van der Waals surface area contributed by atoms with Gasteiger partial charge in [-0.2, -0.15) is 0 Å². The summed E-state index contributed by atoms with van der Waals surface area (Å²) < 4.78 is 0. The number of phenolic OH excluding ortho intramolecular Hbond substituents is 1. The van der Waals surface area contributed by atoms with Gasteiger partial charge in [0.1, 0.15) is 5.75 Å². The Kier molecular flexibility index (Phi) is 2.16. The molecule has 0 aromatic heterocycles. The lowest BCUT2D eigenvalue weighted by atomic mass is 10.1. The largest absolute Gasteiger partial charge is 0.508 e. The standard InChI is InChI=1S/C7H8BNO2/c8-9-7-3-6(11)2-1-5(7)4-10/h1-4,9,11H,8H2. The lowest BCUT2D eigenvalue weighted by Crippen LogP contribution is -1.94. The van der Waals surface area contributed by atoms with Crippen LogP contribution in [0.15, 0.2) is 18.2 Å². The molecule has 2 N–H and O–H groups in total. The van der Waals surface area contributed by atoms with Crippen LogP contribution in [-0.4, -0.2) is 19.4 Å². The molecule has 0 saturated heterocycles. The van der Waals surface area contributed by atoms with E-state index in [1.54, 1.807) is 14.0 Å². The highest BCUT2D eigenvalue weighted by Gasteiger charge is 1.98. The van der Waals surface area contributed by atoms with E-state index in [4.69, 9.17) is 5.11 Å². The summed E-state index contributed by atoms with van der Waals surface area (Å²) in [7, 11) is 1.70.